The summed E-state index contributed by atoms with van der Waals surface area (Å²) < 4.78 is 12.0. The SMILES string of the molecule is CCCc1ccc2c3c(cccc13)C(C)(C)c1cc(C3CCC(C4CCC5(CC4)OCCO5)CC3)ccc1-2. The number of aryl methyl sites for hydroxylation is 1. The third kappa shape index (κ3) is 3.97. The van der Waals surface area contributed by atoms with Crippen molar-refractivity contribution in [2.75, 3.05) is 13.2 Å². The molecule has 3 aromatic rings. The highest BCUT2D eigenvalue weighted by Crippen LogP contribution is 2.51. The van der Waals surface area contributed by atoms with Gasteiger partial charge in [0.05, 0.1) is 13.2 Å². The minimum atomic E-state index is -0.218. The van der Waals surface area contributed by atoms with Crippen LogP contribution in [0.4, 0.5) is 0 Å². The molecule has 0 unspecified atom stereocenters. The predicted octanol–water partition coefficient (Wildman–Crippen LogP) is 9.31. The van der Waals surface area contributed by atoms with Gasteiger partial charge in [0, 0.05) is 18.3 Å². The van der Waals surface area contributed by atoms with E-state index in [-0.39, 0.29) is 11.2 Å². The maximum atomic E-state index is 5.99. The lowest BCUT2D eigenvalue weighted by molar-refractivity contribution is -0.185. The van der Waals surface area contributed by atoms with Gasteiger partial charge in [0.25, 0.3) is 0 Å². The summed E-state index contributed by atoms with van der Waals surface area (Å²) in [6, 6.07) is 19.4. The maximum absolute atomic E-state index is 5.99. The Morgan fingerprint density at radius 1 is 0.763 bits per heavy atom. The van der Waals surface area contributed by atoms with Gasteiger partial charge >= 0.3 is 0 Å². The molecule has 1 aliphatic heterocycles. The van der Waals surface area contributed by atoms with Gasteiger partial charge < -0.3 is 9.47 Å². The third-order valence-corrected chi connectivity index (χ3v) is 10.8. The van der Waals surface area contributed by atoms with E-state index in [1.165, 1.54) is 83.5 Å². The van der Waals surface area contributed by atoms with Crippen LogP contribution < -0.4 is 0 Å². The summed E-state index contributed by atoms with van der Waals surface area (Å²) in [7, 11) is 0. The number of hydrogen-bond acceptors (Lipinski definition) is 2. The lowest BCUT2D eigenvalue weighted by Gasteiger charge is -2.41. The Morgan fingerprint density at radius 3 is 2.21 bits per heavy atom. The predicted molar refractivity (Wildman–Crippen MR) is 157 cm³/mol. The van der Waals surface area contributed by atoms with Crippen molar-refractivity contribution in [2.24, 2.45) is 11.8 Å². The Bertz CT molecular complexity index is 1330. The van der Waals surface area contributed by atoms with Crippen LogP contribution in [0, 0.1) is 11.8 Å². The van der Waals surface area contributed by atoms with E-state index < -0.39 is 0 Å². The molecule has 3 aliphatic carbocycles. The van der Waals surface area contributed by atoms with Crippen molar-refractivity contribution in [3.05, 3.63) is 70.8 Å². The average molecular weight is 509 g/mol. The first-order chi connectivity index (χ1) is 18.5. The summed E-state index contributed by atoms with van der Waals surface area (Å²) in [6.07, 6.45) is 12.6. The van der Waals surface area contributed by atoms with Gasteiger partial charge in [-0.25, -0.2) is 0 Å². The van der Waals surface area contributed by atoms with Gasteiger partial charge in [-0.3, -0.25) is 0 Å². The van der Waals surface area contributed by atoms with Gasteiger partial charge in [-0.1, -0.05) is 75.7 Å². The quantitative estimate of drug-likeness (QED) is 0.349. The molecule has 0 bridgehead atoms. The second-order valence-electron chi connectivity index (χ2n) is 13.2. The van der Waals surface area contributed by atoms with Crippen LogP contribution in [0.3, 0.4) is 0 Å². The lowest BCUT2D eigenvalue weighted by atomic mass is 9.66. The Labute approximate surface area is 229 Å². The molecule has 2 heteroatoms. The minimum Gasteiger partial charge on any atom is -0.348 e. The van der Waals surface area contributed by atoms with Crippen LogP contribution in [-0.4, -0.2) is 19.0 Å². The Kier molecular flexibility index (Phi) is 6.21. The van der Waals surface area contributed by atoms with Gasteiger partial charge in [-0.2, -0.15) is 0 Å². The van der Waals surface area contributed by atoms with Crippen molar-refractivity contribution >= 4 is 10.8 Å². The molecule has 4 aliphatic rings. The van der Waals surface area contributed by atoms with Crippen LogP contribution in [0.1, 0.15) is 107 Å². The maximum Gasteiger partial charge on any atom is 0.168 e. The summed E-state index contributed by atoms with van der Waals surface area (Å²) in [6.45, 7) is 8.75. The molecule has 2 saturated carbocycles. The standard InChI is InChI=1S/C36H44O2/c1-4-6-27-13-16-31-30-15-14-28(23-33(30)35(2,3)32-8-5-7-29(27)34(31)32)25-11-9-24(10-12-25)26-17-19-36(20-18-26)37-21-22-38-36/h5,7-8,13-16,23-26H,4,6,9-12,17-22H2,1-3H3. The van der Waals surface area contributed by atoms with Crippen molar-refractivity contribution in [1.29, 1.82) is 0 Å². The smallest absolute Gasteiger partial charge is 0.168 e. The molecule has 0 atom stereocenters. The van der Waals surface area contributed by atoms with Crippen LogP contribution in [0.2, 0.25) is 0 Å². The van der Waals surface area contributed by atoms with Gasteiger partial charge in [0.2, 0.25) is 0 Å². The highest BCUT2D eigenvalue weighted by Gasteiger charge is 2.42. The first-order valence-electron chi connectivity index (χ1n) is 15.5. The molecule has 1 spiro atoms. The van der Waals surface area contributed by atoms with Crippen molar-refractivity contribution in [2.45, 2.75) is 102 Å². The minimum absolute atomic E-state index is 0.0162. The van der Waals surface area contributed by atoms with Gasteiger partial charge in [-0.05, 0) is 107 Å². The highest BCUT2D eigenvalue weighted by atomic mass is 16.7. The lowest BCUT2D eigenvalue weighted by Crippen LogP contribution is -2.37. The summed E-state index contributed by atoms with van der Waals surface area (Å²) >= 11 is 0. The summed E-state index contributed by atoms with van der Waals surface area (Å²) in [5.74, 6) is 2.24. The molecule has 0 aromatic heterocycles. The van der Waals surface area contributed by atoms with Crippen molar-refractivity contribution in [1.82, 2.24) is 0 Å². The van der Waals surface area contributed by atoms with Crippen LogP contribution in [0.25, 0.3) is 21.9 Å². The summed E-state index contributed by atoms with van der Waals surface area (Å²) in [5, 5.41) is 2.95. The van der Waals surface area contributed by atoms with E-state index in [4.69, 9.17) is 9.47 Å². The van der Waals surface area contributed by atoms with Crippen LogP contribution in [-0.2, 0) is 21.3 Å². The Balaban J connectivity index is 1.12. The van der Waals surface area contributed by atoms with E-state index >= 15 is 0 Å². The molecule has 0 radical (unpaired) electrons. The van der Waals surface area contributed by atoms with Crippen LogP contribution in [0.5, 0.6) is 0 Å². The molecule has 3 aromatic carbocycles. The zero-order valence-corrected chi connectivity index (χ0v) is 23.7. The number of hydrogen-bond donors (Lipinski definition) is 0. The van der Waals surface area contributed by atoms with Crippen molar-refractivity contribution < 1.29 is 9.47 Å². The van der Waals surface area contributed by atoms with E-state index in [0.717, 1.165) is 44.3 Å². The monoisotopic (exact) mass is 508 g/mol. The van der Waals surface area contributed by atoms with E-state index in [2.05, 4.69) is 69.3 Å². The van der Waals surface area contributed by atoms with Gasteiger partial charge in [0.15, 0.2) is 5.79 Å². The van der Waals surface area contributed by atoms with E-state index in [1.807, 2.05) is 0 Å². The first kappa shape index (κ1) is 24.9. The van der Waals surface area contributed by atoms with Crippen LogP contribution in [0.15, 0.2) is 48.5 Å². The summed E-state index contributed by atoms with van der Waals surface area (Å²) in [4.78, 5) is 0. The van der Waals surface area contributed by atoms with Crippen molar-refractivity contribution in [3.63, 3.8) is 0 Å². The fraction of sp³-hybridized carbons (Fsp3) is 0.556. The fourth-order valence-corrected chi connectivity index (χ4v) is 8.67. The molecule has 2 nitrogen and oxygen atoms in total. The van der Waals surface area contributed by atoms with E-state index in [9.17, 15) is 0 Å². The molecule has 3 fully saturated rings. The molecule has 0 N–H and O–H groups in total. The fourth-order valence-electron chi connectivity index (χ4n) is 8.67. The zero-order valence-electron chi connectivity index (χ0n) is 23.7. The molecule has 200 valence electrons. The second-order valence-corrected chi connectivity index (χ2v) is 13.2. The molecule has 1 heterocycles. The average Bonchev–Trinajstić information content (AvgIpc) is 3.40. The molecular formula is C36H44O2. The number of rotatable bonds is 4. The molecule has 7 rings (SSSR count). The highest BCUT2D eigenvalue weighted by molar-refractivity contribution is 6.04. The normalized spacial score (nSPS) is 26.1. The second kappa shape index (κ2) is 9.49. The topological polar surface area (TPSA) is 18.5 Å². The number of benzene rings is 3. The number of fused-ring (bicyclic) bond motifs is 2. The first-order valence-corrected chi connectivity index (χ1v) is 15.5. The Morgan fingerprint density at radius 2 is 1.47 bits per heavy atom. The van der Waals surface area contributed by atoms with Crippen molar-refractivity contribution in [3.8, 4) is 11.1 Å². The molecule has 0 amide bonds. The summed E-state index contributed by atoms with van der Waals surface area (Å²) in [5.41, 5.74) is 9.00. The van der Waals surface area contributed by atoms with Crippen LogP contribution >= 0.6 is 0 Å². The van der Waals surface area contributed by atoms with E-state index in [1.54, 1.807) is 5.56 Å². The molecule has 1 saturated heterocycles. The Hall–Kier alpha value is -2.16. The van der Waals surface area contributed by atoms with Gasteiger partial charge in [0.1, 0.15) is 0 Å². The van der Waals surface area contributed by atoms with E-state index in [0.29, 0.717) is 5.92 Å². The molecule has 38 heavy (non-hydrogen) atoms. The molecular weight excluding hydrogens is 464 g/mol. The third-order valence-electron chi connectivity index (χ3n) is 10.8. The zero-order chi connectivity index (χ0) is 25.9. The number of ether oxygens (including phenoxy) is 2. The largest absolute Gasteiger partial charge is 0.348 e. The van der Waals surface area contributed by atoms with Gasteiger partial charge in [-0.15, -0.1) is 0 Å².